The molecule has 1 unspecified atom stereocenters. The van der Waals surface area contributed by atoms with Gasteiger partial charge in [0.15, 0.2) is 0 Å². The Bertz CT molecular complexity index is 484. The van der Waals surface area contributed by atoms with Crippen LogP contribution in [0.25, 0.3) is 0 Å². The maximum Gasteiger partial charge on any atom is 0.137 e. The van der Waals surface area contributed by atoms with Crippen molar-refractivity contribution in [3.63, 3.8) is 0 Å². The molecule has 1 N–H and O–H groups in total. The van der Waals surface area contributed by atoms with Gasteiger partial charge in [0.05, 0.1) is 18.2 Å². The Hall–Kier alpha value is -1.03. The van der Waals surface area contributed by atoms with Crippen LogP contribution in [0.5, 0.6) is 5.75 Å². The predicted molar refractivity (Wildman–Crippen MR) is 73.2 cm³/mol. The molecule has 0 radical (unpaired) electrons. The lowest BCUT2D eigenvalue weighted by Crippen LogP contribution is -2.16. The average molecular weight is 268 g/mol. The molecule has 0 bridgehead atoms. The third-order valence-corrected chi connectivity index (χ3v) is 3.67. The topological polar surface area (TPSA) is 21.3 Å². The normalized spacial score (nSPS) is 12.4. The molecule has 1 heterocycles. The fraction of sp³-hybridized carbons (Fsp3) is 0.231. The van der Waals surface area contributed by atoms with Crippen LogP contribution in [0.3, 0.4) is 0 Å². The van der Waals surface area contributed by atoms with E-state index in [-0.39, 0.29) is 6.04 Å². The van der Waals surface area contributed by atoms with E-state index in [1.807, 2.05) is 25.2 Å². The Morgan fingerprint density at radius 1 is 1.29 bits per heavy atom. The summed E-state index contributed by atoms with van der Waals surface area (Å²) in [6.07, 6.45) is 0. The molecular weight excluding hydrogens is 254 g/mol. The molecule has 17 heavy (non-hydrogen) atoms. The van der Waals surface area contributed by atoms with Gasteiger partial charge < -0.3 is 10.1 Å². The van der Waals surface area contributed by atoms with Gasteiger partial charge in [0.1, 0.15) is 5.75 Å². The minimum Gasteiger partial charge on any atom is -0.495 e. The number of hydrogen-bond donors (Lipinski definition) is 1. The smallest absolute Gasteiger partial charge is 0.137 e. The number of thiophene rings is 1. The summed E-state index contributed by atoms with van der Waals surface area (Å²) in [5.41, 5.74) is 2.38. The summed E-state index contributed by atoms with van der Waals surface area (Å²) in [4.78, 5) is 0. The van der Waals surface area contributed by atoms with Gasteiger partial charge in [-0.15, -0.1) is 0 Å². The molecule has 1 aromatic heterocycles. The Balaban J connectivity index is 2.35. The second-order valence-electron chi connectivity index (χ2n) is 3.67. The molecule has 0 saturated heterocycles. The van der Waals surface area contributed by atoms with Crippen LogP contribution in [0.1, 0.15) is 17.2 Å². The zero-order chi connectivity index (χ0) is 12.3. The molecule has 0 aliphatic carbocycles. The summed E-state index contributed by atoms with van der Waals surface area (Å²) in [5, 5.41) is 8.14. The first-order chi connectivity index (χ1) is 8.26. The van der Waals surface area contributed by atoms with Gasteiger partial charge >= 0.3 is 0 Å². The lowest BCUT2D eigenvalue weighted by Gasteiger charge is -2.16. The standard InChI is InChI=1S/C13H14ClNOS/c1-15-13(10-5-6-17-8-10)9-3-4-12(16-2)11(14)7-9/h3-8,13,15H,1-2H3. The van der Waals surface area contributed by atoms with Crippen LogP contribution in [-0.4, -0.2) is 14.2 Å². The summed E-state index contributed by atoms with van der Waals surface area (Å²) in [6.45, 7) is 0. The highest BCUT2D eigenvalue weighted by Crippen LogP contribution is 2.30. The fourth-order valence-corrected chi connectivity index (χ4v) is 2.78. The summed E-state index contributed by atoms with van der Waals surface area (Å²) in [7, 11) is 3.57. The van der Waals surface area contributed by atoms with Gasteiger partial charge in [-0.05, 0) is 47.1 Å². The quantitative estimate of drug-likeness (QED) is 0.912. The number of methoxy groups -OCH3 is 1. The highest BCUT2D eigenvalue weighted by atomic mass is 35.5. The Morgan fingerprint density at radius 2 is 2.12 bits per heavy atom. The first-order valence-electron chi connectivity index (χ1n) is 5.29. The molecule has 0 aliphatic rings. The number of benzene rings is 1. The zero-order valence-electron chi connectivity index (χ0n) is 9.74. The highest BCUT2D eigenvalue weighted by molar-refractivity contribution is 7.08. The van der Waals surface area contributed by atoms with E-state index in [0.29, 0.717) is 10.8 Å². The van der Waals surface area contributed by atoms with Crippen LogP contribution in [0.15, 0.2) is 35.0 Å². The van der Waals surface area contributed by atoms with E-state index in [4.69, 9.17) is 16.3 Å². The van der Waals surface area contributed by atoms with Gasteiger partial charge in [0.25, 0.3) is 0 Å². The van der Waals surface area contributed by atoms with Crippen LogP contribution in [0.2, 0.25) is 5.02 Å². The van der Waals surface area contributed by atoms with Crippen molar-refractivity contribution in [2.45, 2.75) is 6.04 Å². The predicted octanol–water partition coefficient (Wildman–Crippen LogP) is 3.72. The Kier molecular flexibility index (Phi) is 4.05. The number of rotatable bonds is 4. The van der Waals surface area contributed by atoms with Crippen molar-refractivity contribution < 1.29 is 4.74 Å². The lowest BCUT2D eigenvalue weighted by atomic mass is 10.0. The minimum atomic E-state index is 0.171. The lowest BCUT2D eigenvalue weighted by molar-refractivity contribution is 0.414. The van der Waals surface area contributed by atoms with Crippen molar-refractivity contribution in [3.05, 3.63) is 51.2 Å². The molecule has 2 rings (SSSR count). The summed E-state index contributed by atoms with van der Waals surface area (Å²) in [6, 6.07) is 8.16. The molecule has 1 atom stereocenters. The van der Waals surface area contributed by atoms with Gasteiger partial charge in [0.2, 0.25) is 0 Å². The highest BCUT2D eigenvalue weighted by Gasteiger charge is 2.13. The number of nitrogens with one attached hydrogen (secondary N) is 1. The Labute approximate surface area is 110 Å². The second kappa shape index (κ2) is 5.54. The third-order valence-electron chi connectivity index (χ3n) is 2.67. The van der Waals surface area contributed by atoms with E-state index in [0.717, 1.165) is 5.56 Å². The third kappa shape index (κ3) is 2.63. The SMILES string of the molecule is CNC(c1ccsc1)c1ccc(OC)c(Cl)c1. The number of hydrogen-bond acceptors (Lipinski definition) is 3. The van der Waals surface area contributed by atoms with E-state index in [1.165, 1.54) is 5.56 Å². The molecule has 0 amide bonds. The van der Waals surface area contributed by atoms with Crippen molar-refractivity contribution in [3.8, 4) is 5.75 Å². The maximum atomic E-state index is 6.14. The van der Waals surface area contributed by atoms with Crippen molar-refractivity contribution >= 4 is 22.9 Å². The van der Waals surface area contributed by atoms with Crippen molar-refractivity contribution in [2.75, 3.05) is 14.2 Å². The molecule has 0 saturated carbocycles. The average Bonchev–Trinajstić information content (AvgIpc) is 2.84. The van der Waals surface area contributed by atoms with E-state index in [2.05, 4.69) is 22.1 Å². The first-order valence-corrected chi connectivity index (χ1v) is 6.61. The van der Waals surface area contributed by atoms with Crippen molar-refractivity contribution in [1.82, 2.24) is 5.32 Å². The molecule has 2 nitrogen and oxygen atoms in total. The molecular formula is C13H14ClNOS. The largest absolute Gasteiger partial charge is 0.495 e. The molecule has 4 heteroatoms. The van der Waals surface area contributed by atoms with Gasteiger partial charge in [-0.1, -0.05) is 17.7 Å². The molecule has 0 aliphatic heterocycles. The molecule has 1 aromatic carbocycles. The number of halogens is 1. The van der Waals surface area contributed by atoms with Crippen molar-refractivity contribution in [2.24, 2.45) is 0 Å². The van der Waals surface area contributed by atoms with Crippen molar-refractivity contribution in [1.29, 1.82) is 0 Å². The zero-order valence-corrected chi connectivity index (χ0v) is 11.3. The summed E-state index contributed by atoms with van der Waals surface area (Å²) >= 11 is 7.83. The van der Waals surface area contributed by atoms with E-state index in [9.17, 15) is 0 Å². The van der Waals surface area contributed by atoms with Gasteiger partial charge in [-0.3, -0.25) is 0 Å². The van der Waals surface area contributed by atoms with Gasteiger partial charge in [0, 0.05) is 0 Å². The number of ether oxygens (including phenoxy) is 1. The van der Waals surface area contributed by atoms with E-state index < -0.39 is 0 Å². The molecule has 0 fully saturated rings. The van der Waals surface area contributed by atoms with E-state index >= 15 is 0 Å². The summed E-state index contributed by atoms with van der Waals surface area (Å²) in [5.74, 6) is 0.704. The van der Waals surface area contributed by atoms with Gasteiger partial charge in [-0.25, -0.2) is 0 Å². The molecule has 90 valence electrons. The maximum absolute atomic E-state index is 6.14. The second-order valence-corrected chi connectivity index (χ2v) is 4.86. The van der Waals surface area contributed by atoms with Crippen LogP contribution in [0.4, 0.5) is 0 Å². The van der Waals surface area contributed by atoms with Crippen LogP contribution in [-0.2, 0) is 0 Å². The van der Waals surface area contributed by atoms with Gasteiger partial charge in [-0.2, -0.15) is 11.3 Å². The van der Waals surface area contributed by atoms with E-state index in [1.54, 1.807) is 18.4 Å². The first kappa shape index (κ1) is 12.4. The van der Waals surface area contributed by atoms with Crippen LogP contribution >= 0.6 is 22.9 Å². The molecule has 2 aromatic rings. The minimum absolute atomic E-state index is 0.171. The summed E-state index contributed by atoms with van der Waals surface area (Å²) < 4.78 is 5.15. The van der Waals surface area contributed by atoms with Crippen LogP contribution in [0, 0.1) is 0 Å². The monoisotopic (exact) mass is 267 g/mol. The van der Waals surface area contributed by atoms with Crippen LogP contribution < -0.4 is 10.1 Å². The molecule has 0 spiro atoms. The fourth-order valence-electron chi connectivity index (χ4n) is 1.83. The Morgan fingerprint density at radius 3 is 2.65 bits per heavy atom.